The first kappa shape index (κ1) is 20.7. The molecule has 0 radical (unpaired) electrons. The zero-order chi connectivity index (χ0) is 19.9. The van der Waals surface area contributed by atoms with E-state index in [1.54, 1.807) is 4.57 Å². The maximum Gasteiger partial charge on any atom is 0.240 e. The fourth-order valence-electron chi connectivity index (χ4n) is 3.82. The van der Waals surface area contributed by atoms with E-state index in [4.69, 9.17) is 12.2 Å². The number of nitrogens with zero attached hydrogens (tertiary/aromatic N) is 3. The molecule has 0 spiro atoms. The minimum absolute atomic E-state index is 0.0454. The highest BCUT2D eigenvalue weighted by atomic mass is 32.1. The van der Waals surface area contributed by atoms with Crippen LogP contribution in [-0.4, -0.2) is 38.2 Å². The molecule has 1 amide bonds. The van der Waals surface area contributed by atoms with Gasteiger partial charge in [-0.3, -0.25) is 19.4 Å². The molecule has 2 aromatic rings. The zero-order valence-corrected chi connectivity index (χ0v) is 17.7. The zero-order valence-electron chi connectivity index (χ0n) is 16.9. The molecule has 1 atom stereocenters. The molecule has 1 saturated heterocycles. The Kier molecular flexibility index (Phi) is 7.39. The van der Waals surface area contributed by atoms with E-state index >= 15 is 0 Å². The molecule has 0 unspecified atom stereocenters. The molecule has 0 aliphatic carbocycles. The van der Waals surface area contributed by atoms with E-state index in [2.05, 4.69) is 52.5 Å². The lowest BCUT2D eigenvalue weighted by Crippen LogP contribution is -2.37. The highest BCUT2D eigenvalue weighted by molar-refractivity contribution is 7.71. The number of hydrogen-bond acceptors (Lipinski definition) is 4. The largest absolute Gasteiger partial charge is 0.350 e. The molecule has 0 saturated carbocycles. The molecule has 1 fully saturated rings. The molecule has 1 aliphatic rings. The number of aromatic amines is 1. The van der Waals surface area contributed by atoms with Crippen molar-refractivity contribution < 1.29 is 4.79 Å². The van der Waals surface area contributed by atoms with E-state index in [-0.39, 0.29) is 12.5 Å². The quantitative estimate of drug-likeness (QED) is 0.664. The number of aromatic nitrogens is 3. The number of carbonyl (C=O) groups excluding carboxylic acids is 1. The van der Waals surface area contributed by atoms with Crippen molar-refractivity contribution in [3.8, 4) is 0 Å². The summed E-state index contributed by atoms with van der Waals surface area (Å²) in [5.41, 5.74) is 2.47. The topological polar surface area (TPSA) is 66.0 Å². The van der Waals surface area contributed by atoms with Crippen molar-refractivity contribution in [3.05, 3.63) is 46.0 Å². The summed E-state index contributed by atoms with van der Waals surface area (Å²) < 4.78 is 2.29. The van der Waals surface area contributed by atoms with Crippen LogP contribution in [0.4, 0.5) is 0 Å². The lowest BCUT2D eigenvalue weighted by atomic mass is 10.0. The van der Waals surface area contributed by atoms with Crippen molar-refractivity contribution in [2.45, 2.75) is 71.6 Å². The molecule has 152 valence electrons. The normalized spacial score (nSPS) is 17.6. The van der Waals surface area contributed by atoms with Gasteiger partial charge in [-0.25, -0.2) is 0 Å². The lowest BCUT2D eigenvalue weighted by molar-refractivity contribution is -0.121. The van der Waals surface area contributed by atoms with Crippen LogP contribution in [0.15, 0.2) is 24.3 Å². The second-order valence-electron chi connectivity index (χ2n) is 7.64. The Bertz CT molecular complexity index is 843. The molecule has 6 nitrogen and oxygen atoms in total. The third-order valence-corrected chi connectivity index (χ3v) is 5.83. The van der Waals surface area contributed by atoms with Gasteiger partial charge in [-0.15, -0.1) is 0 Å². The Morgan fingerprint density at radius 2 is 2.11 bits per heavy atom. The number of aryl methyl sites for hydroxylation is 1. The van der Waals surface area contributed by atoms with E-state index in [9.17, 15) is 4.79 Å². The Morgan fingerprint density at radius 1 is 1.32 bits per heavy atom. The Morgan fingerprint density at radius 3 is 2.86 bits per heavy atom. The molecule has 2 heterocycles. The van der Waals surface area contributed by atoms with Gasteiger partial charge in [-0.05, 0) is 56.1 Å². The van der Waals surface area contributed by atoms with Gasteiger partial charge in [0.25, 0.3) is 0 Å². The maximum atomic E-state index is 12.5. The van der Waals surface area contributed by atoms with Crippen LogP contribution < -0.4 is 5.32 Å². The van der Waals surface area contributed by atoms with Gasteiger partial charge in [0.1, 0.15) is 12.4 Å². The van der Waals surface area contributed by atoms with Crippen molar-refractivity contribution >= 4 is 18.1 Å². The van der Waals surface area contributed by atoms with Crippen molar-refractivity contribution in [1.29, 1.82) is 0 Å². The van der Waals surface area contributed by atoms with E-state index in [0.29, 0.717) is 17.4 Å². The van der Waals surface area contributed by atoms with Crippen LogP contribution in [-0.2, 0) is 30.8 Å². The number of H-pyrrole nitrogens is 1. The van der Waals surface area contributed by atoms with Gasteiger partial charge in [-0.2, -0.15) is 5.10 Å². The van der Waals surface area contributed by atoms with E-state index in [1.807, 2.05) is 6.07 Å². The third kappa shape index (κ3) is 5.29. The summed E-state index contributed by atoms with van der Waals surface area (Å²) in [5.74, 6) is 0.790. The first-order valence-corrected chi connectivity index (χ1v) is 10.7. The van der Waals surface area contributed by atoms with Gasteiger partial charge >= 0.3 is 0 Å². The second kappa shape index (κ2) is 9.98. The summed E-state index contributed by atoms with van der Waals surface area (Å²) >= 11 is 5.27. The third-order valence-electron chi connectivity index (χ3n) is 5.52. The SMILES string of the molecule is CCCc1n[nH]c(=S)n1CC(=O)NCc1ccccc1CN1CCCC[C@@H]1C. The standard InChI is InChI=1S/C21H31N5OS/c1-3-8-19-23-24-21(28)26(19)15-20(27)22-13-17-10-4-5-11-18(17)14-25-12-7-6-9-16(25)2/h4-5,10-11,16H,3,6-9,12-15H2,1-2H3,(H,22,27)(H,24,28)/t16-/m0/s1. The molecule has 1 aromatic heterocycles. The predicted octanol–water partition coefficient (Wildman–Crippen LogP) is 3.58. The summed E-state index contributed by atoms with van der Waals surface area (Å²) in [6, 6.07) is 9.02. The summed E-state index contributed by atoms with van der Waals surface area (Å²) in [5, 5.41) is 10.1. The minimum atomic E-state index is -0.0454. The molecular weight excluding hydrogens is 370 g/mol. The van der Waals surface area contributed by atoms with Gasteiger partial charge in [0, 0.05) is 25.6 Å². The number of nitrogens with one attached hydrogen (secondary N) is 2. The van der Waals surface area contributed by atoms with Gasteiger partial charge in [0.15, 0.2) is 4.77 Å². The summed E-state index contributed by atoms with van der Waals surface area (Å²) in [6.45, 7) is 7.23. The molecule has 7 heteroatoms. The van der Waals surface area contributed by atoms with Crippen molar-refractivity contribution in [3.63, 3.8) is 0 Å². The van der Waals surface area contributed by atoms with E-state index < -0.39 is 0 Å². The minimum Gasteiger partial charge on any atom is -0.350 e. The molecule has 1 aromatic carbocycles. The smallest absolute Gasteiger partial charge is 0.240 e. The van der Waals surface area contributed by atoms with Crippen molar-refractivity contribution in [1.82, 2.24) is 25.0 Å². The first-order valence-electron chi connectivity index (χ1n) is 10.3. The van der Waals surface area contributed by atoms with Crippen LogP contribution in [0.25, 0.3) is 0 Å². The molecule has 2 N–H and O–H groups in total. The highest BCUT2D eigenvalue weighted by Gasteiger charge is 2.19. The average molecular weight is 402 g/mol. The number of benzene rings is 1. The number of rotatable bonds is 8. The molecule has 0 bridgehead atoms. The number of likely N-dealkylation sites (tertiary alicyclic amines) is 1. The van der Waals surface area contributed by atoms with Gasteiger partial charge in [0.05, 0.1) is 0 Å². The molecule has 3 rings (SSSR count). The second-order valence-corrected chi connectivity index (χ2v) is 8.03. The molecule has 1 aliphatic heterocycles. The Labute approximate surface area is 172 Å². The van der Waals surface area contributed by atoms with Crippen molar-refractivity contribution in [2.24, 2.45) is 0 Å². The number of amides is 1. The van der Waals surface area contributed by atoms with Gasteiger partial charge in [0.2, 0.25) is 5.91 Å². The lowest BCUT2D eigenvalue weighted by Gasteiger charge is -2.33. The van der Waals surface area contributed by atoms with Crippen LogP contribution in [0.3, 0.4) is 0 Å². The summed E-state index contributed by atoms with van der Waals surface area (Å²) in [7, 11) is 0. The monoisotopic (exact) mass is 401 g/mol. The van der Waals surface area contributed by atoms with Gasteiger partial charge < -0.3 is 5.32 Å². The first-order chi connectivity index (χ1) is 13.6. The fraction of sp³-hybridized carbons (Fsp3) is 0.571. The van der Waals surface area contributed by atoms with Crippen LogP contribution in [0.2, 0.25) is 0 Å². The van der Waals surface area contributed by atoms with Crippen LogP contribution in [0.5, 0.6) is 0 Å². The fourth-order valence-corrected chi connectivity index (χ4v) is 4.03. The van der Waals surface area contributed by atoms with Crippen LogP contribution >= 0.6 is 12.2 Å². The predicted molar refractivity (Wildman–Crippen MR) is 113 cm³/mol. The number of carbonyl (C=O) groups is 1. The molecular formula is C21H31N5OS. The van der Waals surface area contributed by atoms with Gasteiger partial charge in [-0.1, -0.05) is 37.6 Å². The summed E-state index contributed by atoms with van der Waals surface area (Å²) in [6.07, 6.45) is 5.63. The molecule has 28 heavy (non-hydrogen) atoms. The van der Waals surface area contributed by atoms with Crippen molar-refractivity contribution in [2.75, 3.05) is 6.54 Å². The van der Waals surface area contributed by atoms with E-state index in [1.165, 1.54) is 30.4 Å². The summed E-state index contributed by atoms with van der Waals surface area (Å²) in [4.78, 5) is 15.1. The average Bonchev–Trinajstić information content (AvgIpc) is 3.03. The number of hydrogen-bond donors (Lipinski definition) is 2. The van der Waals surface area contributed by atoms with E-state index in [0.717, 1.165) is 31.8 Å². The Hall–Kier alpha value is -1.99. The van der Waals surface area contributed by atoms with Crippen LogP contribution in [0.1, 0.15) is 56.5 Å². The maximum absolute atomic E-state index is 12.5. The Balaban J connectivity index is 1.61. The number of piperidine rings is 1. The highest BCUT2D eigenvalue weighted by Crippen LogP contribution is 2.20. The van der Waals surface area contributed by atoms with Crippen LogP contribution in [0, 0.1) is 4.77 Å².